The Morgan fingerprint density at radius 1 is 1.33 bits per heavy atom. The molecule has 2 rings (SSSR count). The van der Waals surface area contributed by atoms with Gasteiger partial charge < -0.3 is 5.32 Å². The molecule has 1 aliphatic rings. The van der Waals surface area contributed by atoms with E-state index in [9.17, 15) is 0 Å². The first-order valence-corrected chi connectivity index (χ1v) is 8.26. The largest absolute Gasteiger partial charge is 0.313 e. The minimum Gasteiger partial charge on any atom is -0.313 e. The van der Waals surface area contributed by atoms with Crippen LogP contribution in [0.2, 0.25) is 0 Å². The third-order valence-corrected chi connectivity index (χ3v) is 4.18. The molecule has 0 aromatic heterocycles. The summed E-state index contributed by atoms with van der Waals surface area (Å²) in [5.74, 6) is 1.27. The Bertz CT molecular complexity index is 329. The van der Waals surface area contributed by atoms with E-state index in [0.717, 1.165) is 6.54 Å². The van der Waals surface area contributed by atoms with Gasteiger partial charge in [-0.25, -0.2) is 0 Å². The zero-order valence-electron chi connectivity index (χ0n) is 11.3. The summed E-state index contributed by atoms with van der Waals surface area (Å²) in [5.41, 5.74) is 1.43. The van der Waals surface area contributed by atoms with Crippen LogP contribution in [0.5, 0.6) is 0 Å². The molecule has 1 atom stereocenters. The van der Waals surface area contributed by atoms with Crippen molar-refractivity contribution in [1.82, 2.24) is 10.2 Å². The fraction of sp³-hybridized carbons (Fsp3) is 0.600. The zero-order valence-corrected chi connectivity index (χ0v) is 12.1. The van der Waals surface area contributed by atoms with Crippen molar-refractivity contribution >= 4 is 11.8 Å². The normalized spacial score (nSPS) is 20.4. The first-order chi connectivity index (χ1) is 8.88. The maximum Gasteiger partial charge on any atom is 0.0234 e. The van der Waals surface area contributed by atoms with Crippen LogP contribution in [0.3, 0.4) is 0 Å². The van der Waals surface area contributed by atoms with Crippen molar-refractivity contribution in [3.05, 3.63) is 35.9 Å². The van der Waals surface area contributed by atoms with Crippen LogP contribution in [0.1, 0.15) is 18.4 Å². The van der Waals surface area contributed by atoms with E-state index in [4.69, 9.17) is 0 Å². The van der Waals surface area contributed by atoms with E-state index in [1.54, 1.807) is 0 Å². The van der Waals surface area contributed by atoms with E-state index in [-0.39, 0.29) is 0 Å². The van der Waals surface area contributed by atoms with E-state index in [2.05, 4.69) is 46.8 Å². The molecular weight excluding hydrogens is 240 g/mol. The highest BCUT2D eigenvalue weighted by atomic mass is 32.2. The van der Waals surface area contributed by atoms with Crippen LogP contribution < -0.4 is 5.32 Å². The molecule has 1 aromatic rings. The maximum atomic E-state index is 3.68. The molecule has 0 amide bonds. The summed E-state index contributed by atoms with van der Waals surface area (Å²) in [7, 11) is 0. The first-order valence-electron chi connectivity index (χ1n) is 6.87. The minimum absolute atomic E-state index is 0.704. The summed E-state index contributed by atoms with van der Waals surface area (Å²) in [6, 6.07) is 11.5. The molecule has 1 saturated heterocycles. The van der Waals surface area contributed by atoms with Crippen LogP contribution in [-0.4, -0.2) is 42.6 Å². The average molecular weight is 264 g/mol. The molecule has 0 saturated carbocycles. The molecule has 1 aliphatic heterocycles. The number of benzene rings is 1. The van der Waals surface area contributed by atoms with Gasteiger partial charge in [0.25, 0.3) is 0 Å². The van der Waals surface area contributed by atoms with Crippen molar-refractivity contribution in [2.24, 2.45) is 0 Å². The lowest BCUT2D eigenvalue weighted by atomic mass is 10.2. The van der Waals surface area contributed by atoms with Crippen LogP contribution in [0.25, 0.3) is 0 Å². The summed E-state index contributed by atoms with van der Waals surface area (Å²) < 4.78 is 0. The molecule has 0 aliphatic carbocycles. The number of likely N-dealkylation sites (tertiary alicyclic amines) is 1. The Hall–Kier alpha value is -0.510. The van der Waals surface area contributed by atoms with Gasteiger partial charge in [-0.1, -0.05) is 30.3 Å². The second-order valence-electron chi connectivity index (χ2n) is 5.01. The monoisotopic (exact) mass is 264 g/mol. The lowest BCUT2D eigenvalue weighted by Crippen LogP contribution is -2.33. The molecule has 1 unspecified atom stereocenters. The van der Waals surface area contributed by atoms with Crippen molar-refractivity contribution in [1.29, 1.82) is 0 Å². The standard InChI is InChI=1S/C15H24N2S/c1-18-11-5-9-16-15-8-10-17(13-15)12-14-6-3-2-4-7-14/h2-4,6-7,15-16H,5,8-13H2,1H3. The number of nitrogens with one attached hydrogen (secondary N) is 1. The van der Waals surface area contributed by atoms with Gasteiger partial charge in [0, 0.05) is 25.7 Å². The molecule has 1 fully saturated rings. The molecule has 18 heavy (non-hydrogen) atoms. The quantitative estimate of drug-likeness (QED) is 0.762. The summed E-state index contributed by atoms with van der Waals surface area (Å²) in [6.45, 7) is 4.71. The summed E-state index contributed by atoms with van der Waals surface area (Å²) in [6.07, 6.45) is 4.76. The first kappa shape index (κ1) is 13.9. The van der Waals surface area contributed by atoms with Crippen LogP contribution in [0, 0.1) is 0 Å². The Labute approximate surface area is 115 Å². The predicted octanol–water partition coefficient (Wildman–Crippen LogP) is 2.60. The molecule has 2 nitrogen and oxygen atoms in total. The Kier molecular flexibility index (Phi) is 6.05. The molecule has 1 aromatic carbocycles. The number of rotatable bonds is 7. The van der Waals surface area contributed by atoms with Crippen molar-refractivity contribution in [2.45, 2.75) is 25.4 Å². The highest BCUT2D eigenvalue weighted by molar-refractivity contribution is 7.98. The molecule has 100 valence electrons. The third kappa shape index (κ3) is 4.63. The third-order valence-electron chi connectivity index (χ3n) is 3.48. The van der Waals surface area contributed by atoms with Gasteiger partial charge in [-0.2, -0.15) is 11.8 Å². The fourth-order valence-electron chi connectivity index (χ4n) is 2.51. The molecule has 0 spiro atoms. The van der Waals surface area contributed by atoms with Crippen molar-refractivity contribution in [3.63, 3.8) is 0 Å². The van der Waals surface area contributed by atoms with Gasteiger partial charge in [-0.05, 0) is 37.0 Å². The van der Waals surface area contributed by atoms with E-state index in [1.165, 1.54) is 43.8 Å². The molecule has 1 N–H and O–H groups in total. The van der Waals surface area contributed by atoms with Crippen molar-refractivity contribution in [2.75, 3.05) is 31.6 Å². The molecular formula is C15H24N2S. The number of hydrogen-bond donors (Lipinski definition) is 1. The topological polar surface area (TPSA) is 15.3 Å². The van der Waals surface area contributed by atoms with Gasteiger partial charge >= 0.3 is 0 Å². The van der Waals surface area contributed by atoms with Crippen molar-refractivity contribution < 1.29 is 0 Å². The second kappa shape index (κ2) is 7.82. The van der Waals surface area contributed by atoms with Crippen LogP contribution >= 0.6 is 11.8 Å². The Morgan fingerprint density at radius 2 is 2.17 bits per heavy atom. The second-order valence-corrected chi connectivity index (χ2v) is 5.99. The Morgan fingerprint density at radius 3 is 2.94 bits per heavy atom. The molecule has 0 radical (unpaired) electrons. The van der Waals surface area contributed by atoms with Crippen molar-refractivity contribution in [3.8, 4) is 0 Å². The van der Waals surface area contributed by atoms with E-state index in [1.807, 2.05) is 11.8 Å². The van der Waals surface area contributed by atoms with Gasteiger partial charge in [0.1, 0.15) is 0 Å². The SMILES string of the molecule is CSCCCNC1CCN(Cc2ccccc2)C1. The van der Waals surface area contributed by atoms with Crippen LogP contribution in [-0.2, 0) is 6.54 Å². The van der Waals surface area contributed by atoms with Gasteiger partial charge in [-0.15, -0.1) is 0 Å². The smallest absolute Gasteiger partial charge is 0.0234 e. The zero-order chi connectivity index (χ0) is 12.6. The molecule has 3 heteroatoms. The highest BCUT2D eigenvalue weighted by Crippen LogP contribution is 2.13. The van der Waals surface area contributed by atoms with Gasteiger partial charge in [-0.3, -0.25) is 4.90 Å². The number of hydrogen-bond acceptors (Lipinski definition) is 3. The van der Waals surface area contributed by atoms with Gasteiger partial charge in [0.05, 0.1) is 0 Å². The predicted molar refractivity (Wildman–Crippen MR) is 81.1 cm³/mol. The highest BCUT2D eigenvalue weighted by Gasteiger charge is 2.21. The van der Waals surface area contributed by atoms with Gasteiger partial charge in [0.15, 0.2) is 0 Å². The number of nitrogens with zero attached hydrogens (tertiary/aromatic N) is 1. The Balaban J connectivity index is 1.65. The van der Waals surface area contributed by atoms with Crippen LogP contribution in [0.15, 0.2) is 30.3 Å². The van der Waals surface area contributed by atoms with Gasteiger partial charge in [0.2, 0.25) is 0 Å². The minimum atomic E-state index is 0.704. The molecule has 0 bridgehead atoms. The average Bonchev–Trinajstić information content (AvgIpc) is 2.84. The maximum absolute atomic E-state index is 3.68. The summed E-state index contributed by atoms with van der Waals surface area (Å²) in [5, 5.41) is 3.68. The summed E-state index contributed by atoms with van der Waals surface area (Å²) in [4.78, 5) is 2.56. The van der Waals surface area contributed by atoms with E-state index < -0.39 is 0 Å². The van der Waals surface area contributed by atoms with E-state index >= 15 is 0 Å². The lowest BCUT2D eigenvalue weighted by Gasteiger charge is -2.16. The lowest BCUT2D eigenvalue weighted by molar-refractivity contribution is 0.320. The fourth-order valence-corrected chi connectivity index (χ4v) is 2.94. The summed E-state index contributed by atoms with van der Waals surface area (Å²) >= 11 is 1.94. The number of thioether (sulfide) groups is 1. The van der Waals surface area contributed by atoms with E-state index in [0.29, 0.717) is 6.04 Å². The van der Waals surface area contributed by atoms with Crippen LogP contribution in [0.4, 0.5) is 0 Å². The molecule has 1 heterocycles.